The van der Waals surface area contributed by atoms with Gasteiger partial charge in [-0.15, -0.1) is 0 Å². The standard InChI is InChI=1S/C12H14BrN3O2S/c13-11-8-9(15)2-5-12(11)19(17,18)16(7-1-6-14)10-3-4-10/h2,5,8,10H,1,3-4,7,15H2. The molecule has 102 valence electrons. The van der Waals surface area contributed by atoms with Gasteiger partial charge in [0.15, 0.2) is 0 Å². The number of rotatable bonds is 5. The van der Waals surface area contributed by atoms with Crippen LogP contribution in [-0.2, 0) is 10.0 Å². The molecule has 0 spiro atoms. The fourth-order valence-electron chi connectivity index (χ4n) is 1.87. The second kappa shape index (κ2) is 5.49. The summed E-state index contributed by atoms with van der Waals surface area (Å²) in [6, 6.07) is 6.65. The van der Waals surface area contributed by atoms with Crippen molar-refractivity contribution in [3.05, 3.63) is 22.7 Å². The predicted molar refractivity (Wildman–Crippen MR) is 75.7 cm³/mol. The van der Waals surface area contributed by atoms with Crippen LogP contribution in [0.25, 0.3) is 0 Å². The van der Waals surface area contributed by atoms with E-state index in [4.69, 9.17) is 11.0 Å². The number of nitrogens with two attached hydrogens (primary N) is 1. The minimum absolute atomic E-state index is 0.0304. The van der Waals surface area contributed by atoms with Crippen LogP contribution in [0.1, 0.15) is 19.3 Å². The van der Waals surface area contributed by atoms with Crippen LogP contribution in [0.4, 0.5) is 5.69 Å². The van der Waals surface area contributed by atoms with Gasteiger partial charge in [0.25, 0.3) is 0 Å². The fourth-order valence-corrected chi connectivity index (χ4v) is 4.62. The summed E-state index contributed by atoms with van der Waals surface area (Å²) in [7, 11) is -3.58. The third-order valence-corrected chi connectivity index (χ3v) is 5.87. The van der Waals surface area contributed by atoms with Gasteiger partial charge in [0, 0.05) is 29.2 Å². The van der Waals surface area contributed by atoms with Crippen LogP contribution in [0.5, 0.6) is 0 Å². The lowest BCUT2D eigenvalue weighted by Crippen LogP contribution is -2.34. The second-order valence-electron chi connectivity index (χ2n) is 4.44. The van der Waals surface area contributed by atoms with Crippen molar-refractivity contribution in [2.24, 2.45) is 0 Å². The molecule has 0 unspecified atom stereocenters. The average molecular weight is 344 g/mol. The maximum Gasteiger partial charge on any atom is 0.244 e. The quantitative estimate of drug-likeness (QED) is 0.829. The van der Waals surface area contributed by atoms with Crippen molar-refractivity contribution in [2.45, 2.75) is 30.2 Å². The maximum atomic E-state index is 12.6. The van der Waals surface area contributed by atoms with Gasteiger partial charge in [0.2, 0.25) is 10.0 Å². The zero-order chi connectivity index (χ0) is 14.0. The van der Waals surface area contributed by atoms with Crippen LogP contribution >= 0.6 is 15.9 Å². The number of nitrogens with zero attached hydrogens (tertiary/aromatic N) is 2. The van der Waals surface area contributed by atoms with Gasteiger partial charge >= 0.3 is 0 Å². The molecule has 1 aliphatic rings. The highest BCUT2D eigenvalue weighted by Gasteiger charge is 2.38. The molecule has 1 aliphatic carbocycles. The number of anilines is 1. The molecular weight excluding hydrogens is 330 g/mol. The van der Waals surface area contributed by atoms with E-state index in [9.17, 15) is 8.42 Å². The number of hydrogen-bond donors (Lipinski definition) is 1. The number of nitrogen functional groups attached to an aromatic ring is 1. The molecule has 19 heavy (non-hydrogen) atoms. The molecule has 0 saturated heterocycles. The lowest BCUT2D eigenvalue weighted by Gasteiger charge is -2.21. The van der Waals surface area contributed by atoms with Crippen molar-refractivity contribution in [1.29, 1.82) is 5.26 Å². The Morgan fingerprint density at radius 3 is 2.68 bits per heavy atom. The molecule has 0 heterocycles. The molecule has 2 rings (SSSR count). The van der Waals surface area contributed by atoms with E-state index in [2.05, 4.69) is 15.9 Å². The minimum Gasteiger partial charge on any atom is -0.399 e. The second-order valence-corrected chi connectivity index (χ2v) is 7.16. The first-order valence-corrected chi connectivity index (χ1v) is 8.14. The average Bonchev–Trinajstić information content (AvgIpc) is 3.13. The van der Waals surface area contributed by atoms with E-state index >= 15 is 0 Å². The summed E-state index contributed by atoms with van der Waals surface area (Å²) in [5.74, 6) is 0. The molecule has 2 N–H and O–H groups in total. The van der Waals surface area contributed by atoms with Gasteiger partial charge in [0.05, 0.1) is 11.0 Å². The number of benzene rings is 1. The molecule has 0 atom stereocenters. The summed E-state index contributed by atoms with van der Waals surface area (Å²) in [5, 5.41) is 8.65. The topological polar surface area (TPSA) is 87.2 Å². The van der Waals surface area contributed by atoms with Gasteiger partial charge in [-0.2, -0.15) is 9.57 Å². The Morgan fingerprint density at radius 2 is 2.16 bits per heavy atom. The van der Waals surface area contributed by atoms with Gasteiger partial charge in [-0.05, 0) is 47.0 Å². The third-order valence-electron chi connectivity index (χ3n) is 2.94. The highest BCUT2D eigenvalue weighted by molar-refractivity contribution is 9.10. The van der Waals surface area contributed by atoms with Gasteiger partial charge < -0.3 is 5.73 Å². The van der Waals surface area contributed by atoms with Crippen molar-refractivity contribution < 1.29 is 8.42 Å². The first-order valence-electron chi connectivity index (χ1n) is 5.90. The molecular formula is C12H14BrN3O2S. The molecule has 0 aliphatic heterocycles. The lowest BCUT2D eigenvalue weighted by molar-refractivity contribution is 0.410. The van der Waals surface area contributed by atoms with Crippen molar-refractivity contribution in [1.82, 2.24) is 4.31 Å². The highest BCUT2D eigenvalue weighted by atomic mass is 79.9. The van der Waals surface area contributed by atoms with Crippen LogP contribution in [0.15, 0.2) is 27.6 Å². The Balaban J connectivity index is 2.36. The van der Waals surface area contributed by atoms with E-state index in [0.29, 0.717) is 10.2 Å². The van der Waals surface area contributed by atoms with E-state index in [1.54, 1.807) is 12.1 Å². The zero-order valence-corrected chi connectivity index (χ0v) is 12.6. The molecule has 1 aromatic rings. The van der Waals surface area contributed by atoms with Crippen molar-refractivity contribution in [3.63, 3.8) is 0 Å². The molecule has 7 heteroatoms. The summed E-state index contributed by atoms with van der Waals surface area (Å²) in [6.45, 7) is 0.236. The summed E-state index contributed by atoms with van der Waals surface area (Å²) < 4.78 is 27.1. The van der Waals surface area contributed by atoms with Crippen molar-refractivity contribution in [3.8, 4) is 6.07 Å². The van der Waals surface area contributed by atoms with Gasteiger partial charge in [-0.25, -0.2) is 8.42 Å². The first-order chi connectivity index (χ1) is 8.96. The van der Waals surface area contributed by atoms with Crippen LogP contribution in [0.2, 0.25) is 0 Å². The van der Waals surface area contributed by atoms with Gasteiger partial charge in [-0.3, -0.25) is 0 Å². The SMILES string of the molecule is N#CCCN(C1CC1)S(=O)(=O)c1ccc(N)cc1Br. The molecule has 0 radical (unpaired) electrons. The van der Waals surface area contributed by atoms with E-state index in [-0.39, 0.29) is 23.9 Å². The normalized spacial score (nSPS) is 15.4. The Bertz CT molecular complexity index is 620. The molecule has 0 bridgehead atoms. The zero-order valence-electron chi connectivity index (χ0n) is 10.2. The molecule has 0 amide bonds. The van der Waals surface area contributed by atoms with Crippen LogP contribution in [0, 0.1) is 11.3 Å². The number of hydrogen-bond acceptors (Lipinski definition) is 4. The Kier molecular flexibility index (Phi) is 4.13. The van der Waals surface area contributed by atoms with Crippen LogP contribution < -0.4 is 5.73 Å². The molecule has 1 fully saturated rings. The van der Waals surface area contributed by atoms with E-state index < -0.39 is 10.0 Å². The monoisotopic (exact) mass is 343 g/mol. The van der Waals surface area contributed by atoms with Crippen molar-refractivity contribution in [2.75, 3.05) is 12.3 Å². The van der Waals surface area contributed by atoms with E-state index in [1.807, 2.05) is 6.07 Å². The maximum absolute atomic E-state index is 12.6. The van der Waals surface area contributed by atoms with Gasteiger partial charge in [-0.1, -0.05) is 0 Å². The molecule has 5 nitrogen and oxygen atoms in total. The van der Waals surface area contributed by atoms with Crippen LogP contribution in [0.3, 0.4) is 0 Å². The predicted octanol–water partition coefficient (Wildman–Crippen LogP) is 2.10. The van der Waals surface area contributed by atoms with E-state index in [1.165, 1.54) is 10.4 Å². The Hall–Kier alpha value is -1.10. The number of halogens is 1. The summed E-state index contributed by atoms with van der Waals surface area (Å²) >= 11 is 3.24. The summed E-state index contributed by atoms with van der Waals surface area (Å²) in [5.41, 5.74) is 6.12. The van der Waals surface area contributed by atoms with Gasteiger partial charge in [0.1, 0.15) is 0 Å². The van der Waals surface area contributed by atoms with E-state index in [0.717, 1.165) is 12.8 Å². The first kappa shape index (κ1) is 14.3. The Morgan fingerprint density at radius 1 is 1.47 bits per heavy atom. The van der Waals surface area contributed by atoms with Crippen molar-refractivity contribution >= 4 is 31.6 Å². The lowest BCUT2D eigenvalue weighted by atomic mass is 10.3. The molecule has 0 aromatic heterocycles. The summed E-state index contributed by atoms with van der Waals surface area (Å²) in [6.07, 6.45) is 1.91. The molecule has 1 aromatic carbocycles. The third kappa shape index (κ3) is 3.08. The molecule has 1 saturated carbocycles. The number of sulfonamides is 1. The fraction of sp³-hybridized carbons (Fsp3) is 0.417. The minimum atomic E-state index is -3.58. The van der Waals surface area contributed by atoms with Crippen LogP contribution in [-0.4, -0.2) is 25.3 Å². The Labute approximate surface area is 121 Å². The smallest absolute Gasteiger partial charge is 0.244 e. The summed E-state index contributed by atoms with van der Waals surface area (Å²) in [4.78, 5) is 0.200. The highest BCUT2D eigenvalue weighted by Crippen LogP contribution is 2.34. The number of nitriles is 1. The largest absolute Gasteiger partial charge is 0.399 e.